The van der Waals surface area contributed by atoms with Crippen LogP contribution in [0.15, 0.2) is 0 Å². The number of hydrogen-bond donors (Lipinski definition) is 0. The van der Waals surface area contributed by atoms with Crippen LogP contribution in [0.4, 0.5) is 0 Å². The Labute approximate surface area is 127 Å². The van der Waals surface area contributed by atoms with Crippen LogP contribution in [0.25, 0.3) is 0 Å². The predicted octanol–water partition coefficient (Wildman–Crippen LogP) is 1.62. The molecule has 8 heteroatoms. The first-order valence-corrected chi connectivity index (χ1v) is 10.9. The molecule has 1 fully saturated rings. The van der Waals surface area contributed by atoms with Crippen molar-refractivity contribution < 1.29 is 16.8 Å². The zero-order chi connectivity index (χ0) is 15.4. The average Bonchev–Trinajstić information content (AvgIpc) is 2.38. The van der Waals surface area contributed by atoms with Gasteiger partial charge in [-0.1, -0.05) is 13.8 Å². The van der Waals surface area contributed by atoms with E-state index in [2.05, 4.69) is 0 Å². The van der Waals surface area contributed by atoms with Crippen molar-refractivity contribution in [2.24, 2.45) is 0 Å². The fraction of sp³-hybridized carbons (Fsp3) is 1.00. The highest BCUT2D eigenvalue weighted by Crippen LogP contribution is 2.25. The van der Waals surface area contributed by atoms with E-state index in [1.165, 1.54) is 4.31 Å². The van der Waals surface area contributed by atoms with Gasteiger partial charge >= 0.3 is 0 Å². The van der Waals surface area contributed by atoms with E-state index in [-0.39, 0.29) is 36.3 Å². The van der Waals surface area contributed by atoms with Gasteiger partial charge in [-0.3, -0.25) is 0 Å². The summed E-state index contributed by atoms with van der Waals surface area (Å²) in [6.45, 7) is 4.20. The quantitative estimate of drug-likeness (QED) is 0.657. The van der Waals surface area contributed by atoms with Crippen LogP contribution < -0.4 is 0 Å². The monoisotopic (exact) mass is 345 g/mol. The van der Waals surface area contributed by atoms with E-state index in [0.717, 1.165) is 12.8 Å². The first-order chi connectivity index (χ1) is 9.28. The second-order valence-corrected chi connectivity index (χ2v) is 10.0. The lowest BCUT2D eigenvalue weighted by Crippen LogP contribution is -2.47. The Hall–Kier alpha value is 0.150. The van der Waals surface area contributed by atoms with Gasteiger partial charge < -0.3 is 0 Å². The topological polar surface area (TPSA) is 71.5 Å². The minimum atomic E-state index is -3.48. The van der Waals surface area contributed by atoms with Gasteiger partial charge in [0.1, 0.15) is 9.84 Å². The van der Waals surface area contributed by atoms with Gasteiger partial charge in [-0.05, 0) is 25.7 Å². The molecular weight excluding hydrogens is 322 g/mol. The molecule has 1 aliphatic rings. The third-order valence-electron chi connectivity index (χ3n) is 3.90. The van der Waals surface area contributed by atoms with Crippen molar-refractivity contribution in [2.75, 3.05) is 23.9 Å². The maximum Gasteiger partial charge on any atom is 0.217 e. The van der Waals surface area contributed by atoms with Gasteiger partial charge in [-0.2, -0.15) is 4.31 Å². The molecule has 1 heterocycles. The Kier molecular flexibility index (Phi) is 6.76. The largest absolute Gasteiger partial charge is 0.229 e. The van der Waals surface area contributed by atoms with Crippen LogP contribution in [-0.4, -0.2) is 56.4 Å². The molecule has 1 rings (SSSR count). The highest BCUT2D eigenvalue weighted by atomic mass is 35.5. The molecule has 0 spiro atoms. The van der Waals surface area contributed by atoms with Gasteiger partial charge in [0.2, 0.25) is 10.0 Å². The molecule has 20 heavy (non-hydrogen) atoms. The van der Waals surface area contributed by atoms with Crippen LogP contribution in [0, 0.1) is 0 Å². The molecule has 0 bridgehead atoms. The summed E-state index contributed by atoms with van der Waals surface area (Å²) in [7, 11) is -6.53. The third kappa shape index (κ3) is 4.32. The van der Waals surface area contributed by atoms with Crippen molar-refractivity contribution in [1.29, 1.82) is 0 Å². The number of rotatable bonds is 7. The summed E-state index contributed by atoms with van der Waals surface area (Å²) in [6.07, 6.45) is 1.86. The summed E-state index contributed by atoms with van der Waals surface area (Å²) >= 11 is 5.74. The van der Waals surface area contributed by atoms with Crippen molar-refractivity contribution in [3.8, 4) is 0 Å². The third-order valence-corrected chi connectivity index (χ3v) is 8.24. The number of alkyl halides is 1. The summed E-state index contributed by atoms with van der Waals surface area (Å²) in [5.41, 5.74) is 0. The second kappa shape index (κ2) is 7.42. The van der Waals surface area contributed by atoms with Crippen molar-refractivity contribution in [1.82, 2.24) is 4.31 Å². The van der Waals surface area contributed by atoms with Crippen LogP contribution in [0.1, 0.15) is 39.5 Å². The lowest BCUT2D eigenvalue weighted by Gasteiger charge is -2.34. The molecule has 120 valence electrons. The summed E-state index contributed by atoms with van der Waals surface area (Å²) in [5.74, 6) is 0.184. The summed E-state index contributed by atoms with van der Waals surface area (Å²) < 4.78 is 49.8. The van der Waals surface area contributed by atoms with Gasteiger partial charge in [-0.15, -0.1) is 11.6 Å². The molecule has 5 nitrogen and oxygen atoms in total. The second-order valence-electron chi connectivity index (χ2n) is 5.17. The number of sulfonamides is 1. The summed E-state index contributed by atoms with van der Waals surface area (Å²) in [6, 6.07) is -0.0581. The average molecular weight is 346 g/mol. The lowest BCUT2D eigenvalue weighted by molar-refractivity contribution is 0.311. The number of hydrogen-bond acceptors (Lipinski definition) is 4. The van der Waals surface area contributed by atoms with E-state index in [1.54, 1.807) is 0 Å². The number of nitrogens with zero attached hydrogens (tertiary/aromatic N) is 1. The molecule has 0 aromatic rings. The Morgan fingerprint density at radius 3 is 2.10 bits per heavy atom. The minimum absolute atomic E-state index is 0.0332. The fourth-order valence-electron chi connectivity index (χ4n) is 2.65. The van der Waals surface area contributed by atoms with Crippen molar-refractivity contribution in [3.05, 3.63) is 0 Å². The first kappa shape index (κ1) is 18.2. The van der Waals surface area contributed by atoms with E-state index < -0.39 is 25.1 Å². The maximum atomic E-state index is 12.7. The highest BCUT2D eigenvalue weighted by molar-refractivity contribution is 7.92. The van der Waals surface area contributed by atoms with Crippen molar-refractivity contribution in [2.45, 2.75) is 50.8 Å². The van der Waals surface area contributed by atoms with Crippen LogP contribution in [0.2, 0.25) is 0 Å². The Morgan fingerprint density at radius 1 is 1.20 bits per heavy atom. The summed E-state index contributed by atoms with van der Waals surface area (Å²) in [5, 5.41) is -0.588. The minimum Gasteiger partial charge on any atom is -0.229 e. The summed E-state index contributed by atoms with van der Waals surface area (Å²) in [4.78, 5) is 0. The van der Waals surface area contributed by atoms with Crippen LogP contribution in [0.3, 0.4) is 0 Å². The maximum absolute atomic E-state index is 12.7. The molecule has 0 aromatic carbocycles. The van der Waals surface area contributed by atoms with E-state index >= 15 is 0 Å². The Balaban J connectivity index is 2.93. The standard InChI is InChI=1S/C12H24ClNO4S2/c1-3-11(4-2)14(8-7-13)20(17,18)12-5-9-19(15,16)10-6-12/h11-12H,3-10H2,1-2H3. The molecule has 0 saturated carbocycles. The molecule has 0 N–H and O–H groups in total. The van der Waals surface area contributed by atoms with Gasteiger partial charge in [-0.25, -0.2) is 16.8 Å². The van der Waals surface area contributed by atoms with Crippen LogP contribution in [-0.2, 0) is 19.9 Å². The molecule has 1 aliphatic heterocycles. The van der Waals surface area contributed by atoms with Crippen LogP contribution >= 0.6 is 11.6 Å². The highest BCUT2D eigenvalue weighted by Gasteiger charge is 2.38. The smallest absolute Gasteiger partial charge is 0.217 e. The molecular formula is C12H24ClNO4S2. The van der Waals surface area contributed by atoms with E-state index in [9.17, 15) is 16.8 Å². The molecule has 0 aromatic heterocycles. The number of halogens is 1. The first-order valence-electron chi connectivity index (χ1n) is 7.05. The molecule has 1 saturated heterocycles. The molecule has 0 amide bonds. The van der Waals surface area contributed by atoms with E-state index in [1.807, 2.05) is 13.8 Å². The van der Waals surface area contributed by atoms with E-state index in [0.29, 0.717) is 6.54 Å². The van der Waals surface area contributed by atoms with E-state index in [4.69, 9.17) is 11.6 Å². The number of sulfone groups is 1. The Bertz CT molecular complexity index is 486. The molecule has 0 atom stereocenters. The van der Waals surface area contributed by atoms with Gasteiger partial charge in [0, 0.05) is 18.5 Å². The molecule has 0 unspecified atom stereocenters. The van der Waals surface area contributed by atoms with Crippen LogP contribution in [0.5, 0.6) is 0 Å². The van der Waals surface area contributed by atoms with Gasteiger partial charge in [0.05, 0.1) is 16.8 Å². The Morgan fingerprint density at radius 2 is 1.70 bits per heavy atom. The molecule has 0 radical (unpaired) electrons. The van der Waals surface area contributed by atoms with Crippen molar-refractivity contribution >= 4 is 31.5 Å². The predicted molar refractivity (Wildman–Crippen MR) is 82.4 cm³/mol. The zero-order valence-corrected chi connectivity index (χ0v) is 14.5. The van der Waals surface area contributed by atoms with Crippen molar-refractivity contribution in [3.63, 3.8) is 0 Å². The fourth-order valence-corrected chi connectivity index (χ4v) is 7.00. The lowest BCUT2D eigenvalue weighted by atomic mass is 10.2. The SMILES string of the molecule is CCC(CC)N(CCCl)S(=O)(=O)C1CCS(=O)(=O)CC1. The van der Waals surface area contributed by atoms with Gasteiger partial charge in [0.15, 0.2) is 0 Å². The van der Waals surface area contributed by atoms with Gasteiger partial charge in [0.25, 0.3) is 0 Å². The molecule has 0 aliphatic carbocycles. The zero-order valence-electron chi connectivity index (χ0n) is 12.1. The normalized spacial score (nSPS) is 20.6.